The van der Waals surface area contributed by atoms with E-state index in [4.69, 9.17) is 9.47 Å². The van der Waals surface area contributed by atoms with Gasteiger partial charge in [-0.2, -0.15) is 0 Å². The molecular weight excluding hydrogens is 382 g/mol. The maximum absolute atomic E-state index is 13.1. The molecule has 6 nitrogen and oxygen atoms in total. The largest absolute Gasteiger partial charge is 0.506 e. The number of methoxy groups -OCH3 is 2. The number of amides is 1. The highest BCUT2D eigenvalue weighted by atomic mass is 16.5. The Hall–Kier alpha value is -3.28. The number of ether oxygens (including phenoxy) is 2. The van der Waals surface area contributed by atoms with E-state index in [2.05, 4.69) is 6.92 Å². The zero-order valence-corrected chi connectivity index (χ0v) is 17.6. The molecule has 1 amide bonds. The van der Waals surface area contributed by atoms with E-state index in [1.54, 1.807) is 23.1 Å². The van der Waals surface area contributed by atoms with Crippen LogP contribution in [0.3, 0.4) is 0 Å². The predicted octanol–water partition coefficient (Wildman–Crippen LogP) is 4.32. The quantitative estimate of drug-likeness (QED) is 0.304. The molecule has 1 N–H and O–H groups in total. The number of carbonyl (C=O) groups excluding carboxylic acids is 2. The van der Waals surface area contributed by atoms with Gasteiger partial charge < -0.3 is 19.5 Å². The minimum atomic E-state index is -0.703. The molecule has 1 aliphatic rings. The molecule has 158 valence electrons. The first-order valence-corrected chi connectivity index (χ1v) is 10.1. The summed E-state index contributed by atoms with van der Waals surface area (Å²) in [7, 11) is 2.95. The SMILES string of the molecule is CCCCCN1C(=O)C(=O)/C(=C(/O)c2c(OC)cccc2OC)C1c1ccccc1. The van der Waals surface area contributed by atoms with Crippen LogP contribution in [0.25, 0.3) is 5.76 Å². The van der Waals surface area contributed by atoms with E-state index in [9.17, 15) is 14.7 Å². The van der Waals surface area contributed by atoms with Gasteiger partial charge in [0.15, 0.2) is 0 Å². The smallest absolute Gasteiger partial charge is 0.295 e. The molecular formula is C24H27NO5. The average Bonchev–Trinajstić information content (AvgIpc) is 3.03. The molecule has 1 saturated heterocycles. The Morgan fingerprint density at radius 2 is 1.60 bits per heavy atom. The van der Waals surface area contributed by atoms with Gasteiger partial charge in [0.2, 0.25) is 0 Å². The molecule has 2 aromatic carbocycles. The number of nitrogens with zero attached hydrogens (tertiary/aromatic N) is 1. The molecule has 0 aromatic heterocycles. The number of ketones is 1. The molecule has 1 unspecified atom stereocenters. The Morgan fingerprint density at radius 1 is 0.967 bits per heavy atom. The lowest BCUT2D eigenvalue weighted by molar-refractivity contribution is -0.139. The predicted molar refractivity (Wildman–Crippen MR) is 115 cm³/mol. The van der Waals surface area contributed by atoms with Crippen LogP contribution in [-0.2, 0) is 9.59 Å². The molecule has 1 heterocycles. The Balaban J connectivity index is 2.20. The van der Waals surface area contributed by atoms with Crippen LogP contribution >= 0.6 is 0 Å². The van der Waals surface area contributed by atoms with Crippen LogP contribution in [0.1, 0.15) is 43.4 Å². The number of rotatable bonds is 8. The molecule has 1 fully saturated rings. The van der Waals surface area contributed by atoms with Crippen molar-refractivity contribution in [3.05, 3.63) is 65.2 Å². The number of hydrogen-bond donors (Lipinski definition) is 1. The first-order chi connectivity index (χ1) is 14.5. The molecule has 0 radical (unpaired) electrons. The first kappa shape index (κ1) is 21.4. The minimum Gasteiger partial charge on any atom is -0.506 e. The van der Waals surface area contributed by atoms with Crippen molar-refractivity contribution in [1.29, 1.82) is 0 Å². The van der Waals surface area contributed by atoms with Crippen molar-refractivity contribution >= 4 is 17.4 Å². The highest BCUT2D eigenvalue weighted by Gasteiger charge is 2.46. The average molecular weight is 409 g/mol. The van der Waals surface area contributed by atoms with Crippen LogP contribution in [-0.4, -0.2) is 42.5 Å². The molecule has 6 heteroatoms. The van der Waals surface area contributed by atoms with Gasteiger partial charge in [-0.3, -0.25) is 9.59 Å². The first-order valence-electron chi connectivity index (χ1n) is 10.1. The van der Waals surface area contributed by atoms with Crippen molar-refractivity contribution < 1.29 is 24.2 Å². The molecule has 1 aliphatic heterocycles. The number of aliphatic hydroxyl groups is 1. The highest BCUT2D eigenvalue weighted by molar-refractivity contribution is 6.46. The van der Waals surface area contributed by atoms with E-state index in [1.807, 2.05) is 30.3 Å². The fourth-order valence-electron chi connectivity index (χ4n) is 3.84. The monoisotopic (exact) mass is 409 g/mol. The highest BCUT2D eigenvalue weighted by Crippen LogP contribution is 2.43. The van der Waals surface area contributed by atoms with Crippen molar-refractivity contribution in [3.8, 4) is 11.5 Å². The van der Waals surface area contributed by atoms with Crippen LogP contribution in [0.15, 0.2) is 54.1 Å². The number of likely N-dealkylation sites (tertiary alicyclic amines) is 1. The summed E-state index contributed by atoms with van der Waals surface area (Å²) in [5.41, 5.74) is 1.07. The van der Waals surface area contributed by atoms with E-state index >= 15 is 0 Å². The fourth-order valence-corrected chi connectivity index (χ4v) is 3.84. The van der Waals surface area contributed by atoms with Gasteiger partial charge in [0, 0.05) is 6.54 Å². The van der Waals surface area contributed by atoms with Crippen molar-refractivity contribution in [2.75, 3.05) is 20.8 Å². The fraction of sp³-hybridized carbons (Fsp3) is 0.333. The van der Waals surface area contributed by atoms with Crippen LogP contribution in [0.5, 0.6) is 11.5 Å². The van der Waals surface area contributed by atoms with Crippen molar-refractivity contribution in [2.24, 2.45) is 0 Å². The third kappa shape index (κ3) is 3.90. The lowest BCUT2D eigenvalue weighted by atomic mass is 9.94. The van der Waals surface area contributed by atoms with Gasteiger partial charge in [0.1, 0.15) is 22.8 Å². The van der Waals surface area contributed by atoms with Gasteiger partial charge >= 0.3 is 0 Å². The molecule has 30 heavy (non-hydrogen) atoms. The number of benzene rings is 2. The molecule has 3 rings (SSSR count). The number of hydrogen-bond acceptors (Lipinski definition) is 5. The third-order valence-corrected chi connectivity index (χ3v) is 5.32. The number of unbranched alkanes of at least 4 members (excludes halogenated alkanes) is 2. The van der Waals surface area contributed by atoms with E-state index in [1.165, 1.54) is 14.2 Å². The van der Waals surface area contributed by atoms with Gasteiger partial charge in [-0.25, -0.2) is 0 Å². The van der Waals surface area contributed by atoms with Crippen LogP contribution in [0, 0.1) is 0 Å². The van der Waals surface area contributed by atoms with E-state index in [0.717, 1.165) is 24.8 Å². The maximum atomic E-state index is 13.1. The topological polar surface area (TPSA) is 76.1 Å². The van der Waals surface area contributed by atoms with Gasteiger partial charge in [-0.05, 0) is 24.1 Å². The summed E-state index contributed by atoms with van der Waals surface area (Å²) in [6.45, 7) is 2.52. The summed E-state index contributed by atoms with van der Waals surface area (Å²) in [5.74, 6) is -0.887. The zero-order chi connectivity index (χ0) is 21.7. The second-order valence-electron chi connectivity index (χ2n) is 7.15. The van der Waals surface area contributed by atoms with Gasteiger partial charge in [0.05, 0.1) is 25.8 Å². The van der Waals surface area contributed by atoms with E-state index in [-0.39, 0.29) is 16.9 Å². The Morgan fingerprint density at radius 3 is 2.17 bits per heavy atom. The summed E-state index contributed by atoms with van der Waals surface area (Å²) >= 11 is 0. The maximum Gasteiger partial charge on any atom is 0.295 e. The van der Waals surface area contributed by atoms with E-state index in [0.29, 0.717) is 18.0 Å². The number of aliphatic hydroxyl groups excluding tert-OH is 1. The van der Waals surface area contributed by atoms with Gasteiger partial charge in [-0.1, -0.05) is 56.2 Å². The Labute approximate surface area is 176 Å². The lowest BCUT2D eigenvalue weighted by Crippen LogP contribution is -2.30. The summed E-state index contributed by atoms with van der Waals surface area (Å²) in [4.78, 5) is 27.5. The summed E-state index contributed by atoms with van der Waals surface area (Å²) in [5, 5.41) is 11.3. The normalized spacial score (nSPS) is 18.0. The van der Waals surface area contributed by atoms with Gasteiger partial charge in [0.25, 0.3) is 11.7 Å². The van der Waals surface area contributed by atoms with Crippen LogP contribution in [0.2, 0.25) is 0 Å². The molecule has 0 spiro atoms. The van der Waals surface area contributed by atoms with Crippen LogP contribution < -0.4 is 9.47 Å². The molecule has 1 atom stereocenters. The number of carbonyl (C=O) groups is 2. The Kier molecular flexibility index (Phi) is 6.77. The standard InChI is InChI=1S/C24H27NO5/c1-4-5-9-15-25-21(16-11-7-6-8-12-16)20(23(27)24(25)28)22(26)19-17(29-2)13-10-14-18(19)30-3/h6-8,10-14,21,26H,4-5,9,15H2,1-3H3/b22-20+. The zero-order valence-electron chi connectivity index (χ0n) is 17.6. The summed E-state index contributed by atoms with van der Waals surface area (Å²) in [6.07, 6.45) is 2.73. The molecule has 0 aliphatic carbocycles. The summed E-state index contributed by atoms with van der Waals surface area (Å²) in [6, 6.07) is 13.7. The van der Waals surface area contributed by atoms with Crippen molar-refractivity contribution in [1.82, 2.24) is 4.90 Å². The second kappa shape index (κ2) is 9.48. The molecule has 2 aromatic rings. The molecule has 0 saturated carbocycles. The summed E-state index contributed by atoms with van der Waals surface area (Å²) < 4.78 is 10.8. The molecule has 0 bridgehead atoms. The van der Waals surface area contributed by atoms with Crippen molar-refractivity contribution in [2.45, 2.75) is 32.2 Å². The minimum absolute atomic E-state index is 0.0468. The number of Topliss-reactive ketones (excluding diaryl/α,β-unsaturated/α-hetero) is 1. The van der Waals surface area contributed by atoms with Crippen molar-refractivity contribution in [3.63, 3.8) is 0 Å². The Bertz CT molecular complexity index is 929. The van der Waals surface area contributed by atoms with Gasteiger partial charge in [-0.15, -0.1) is 0 Å². The second-order valence-corrected chi connectivity index (χ2v) is 7.15. The van der Waals surface area contributed by atoms with E-state index < -0.39 is 17.7 Å². The third-order valence-electron chi connectivity index (χ3n) is 5.32. The van der Waals surface area contributed by atoms with Crippen LogP contribution in [0.4, 0.5) is 0 Å². The lowest BCUT2D eigenvalue weighted by Gasteiger charge is -2.25.